The molecule has 4 nitrogen and oxygen atoms in total. The van der Waals surface area contributed by atoms with E-state index in [1.54, 1.807) is 20.8 Å². The second kappa shape index (κ2) is 6.34. The number of amides is 1. The Morgan fingerprint density at radius 1 is 1.24 bits per heavy atom. The van der Waals surface area contributed by atoms with E-state index in [0.29, 0.717) is 5.56 Å². The molecular formula is C14H18F3NO3. The molecule has 1 amide bonds. The number of alkyl halides is 3. The van der Waals surface area contributed by atoms with Crippen LogP contribution in [0.5, 0.6) is 0 Å². The summed E-state index contributed by atoms with van der Waals surface area (Å²) in [4.78, 5) is 11.4. The van der Waals surface area contributed by atoms with Gasteiger partial charge in [0.25, 0.3) is 0 Å². The number of aliphatic hydroxyl groups excluding tert-OH is 1. The zero-order valence-electron chi connectivity index (χ0n) is 12.0. The van der Waals surface area contributed by atoms with Crippen LogP contribution in [0.1, 0.15) is 38.0 Å². The molecule has 0 bridgehead atoms. The van der Waals surface area contributed by atoms with Gasteiger partial charge in [0, 0.05) is 6.54 Å². The zero-order valence-corrected chi connectivity index (χ0v) is 12.0. The first-order valence-corrected chi connectivity index (χ1v) is 6.29. The Morgan fingerprint density at radius 2 is 1.76 bits per heavy atom. The molecule has 0 spiro atoms. The fourth-order valence-electron chi connectivity index (χ4n) is 1.50. The number of hydrogen-bond donors (Lipinski definition) is 2. The van der Waals surface area contributed by atoms with Crippen molar-refractivity contribution in [3.63, 3.8) is 0 Å². The van der Waals surface area contributed by atoms with Crippen molar-refractivity contribution in [1.82, 2.24) is 5.32 Å². The Bertz CT molecular complexity index is 478. The Labute approximate surface area is 120 Å². The number of rotatable bonds is 3. The lowest BCUT2D eigenvalue weighted by Crippen LogP contribution is -2.32. The smallest absolute Gasteiger partial charge is 0.418 e. The van der Waals surface area contributed by atoms with E-state index in [-0.39, 0.29) is 12.1 Å². The molecule has 0 aliphatic heterocycles. The highest BCUT2D eigenvalue weighted by molar-refractivity contribution is 5.67. The molecule has 0 radical (unpaired) electrons. The number of ether oxygens (including phenoxy) is 1. The topological polar surface area (TPSA) is 58.6 Å². The van der Waals surface area contributed by atoms with Gasteiger partial charge in [-0.15, -0.1) is 0 Å². The van der Waals surface area contributed by atoms with E-state index in [0.717, 1.165) is 0 Å². The third kappa shape index (κ3) is 6.03. The molecule has 0 heterocycles. The van der Waals surface area contributed by atoms with Crippen molar-refractivity contribution in [3.05, 3.63) is 35.4 Å². The highest BCUT2D eigenvalue weighted by Crippen LogP contribution is 2.32. The normalized spacial score (nSPS) is 13.7. The molecule has 1 atom stereocenters. The monoisotopic (exact) mass is 305 g/mol. The SMILES string of the molecule is CC(C)(C)OC(=O)NCc1ccc([C@@H](O)C(F)(F)F)cc1. The summed E-state index contributed by atoms with van der Waals surface area (Å²) in [7, 11) is 0. The van der Waals surface area contributed by atoms with E-state index in [2.05, 4.69) is 5.32 Å². The van der Waals surface area contributed by atoms with Crippen LogP contribution in [0.2, 0.25) is 0 Å². The molecule has 7 heteroatoms. The minimum atomic E-state index is -4.70. The number of benzene rings is 1. The molecule has 0 unspecified atom stereocenters. The third-order valence-electron chi connectivity index (χ3n) is 2.44. The number of aliphatic hydroxyl groups is 1. The minimum absolute atomic E-state index is 0.122. The number of halogens is 3. The molecule has 2 N–H and O–H groups in total. The van der Waals surface area contributed by atoms with Crippen molar-refractivity contribution in [2.24, 2.45) is 0 Å². The maximum atomic E-state index is 12.3. The summed E-state index contributed by atoms with van der Waals surface area (Å²) in [6, 6.07) is 5.15. The van der Waals surface area contributed by atoms with Crippen molar-refractivity contribution < 1.29 is 27.8 Å². The second-order valence-corrected chi connectivity index (χ2v) is 5.54. The average molecular weight is 305 g/mol. The molecule has 0 saturated heterocycles. The Balaban J connectivity index is 2.58. The molecule has 21 heavy (non-hydrogen) atoms. The molecule has 1 aromatic rings. The van der Waals surface area contributed by atoms with Gasteiger partial charge >= 0.3 is 12.3 Å². The molecule has 118 valence electrons. The third-order valence-corrected chi connectivity index (χ3v) is 2.44. The van der Waals surface area contributed by atoms with Crippen LogP contribution >= 0.6 is 0 Å². The standard InChI is InChI=1S/C14H18F3NO3/c1-13(2,3)21-12(20)18-8-9-4-6-10(7-5-9)11(19)14(15,16)17/h4-7,11,19H,8H2,1-3H3,(H,18,20)/t11-/m1/s1. The summed E-state index contributed by atoms with van der Waals surface area (Å²) in [5.41, 5.74) is -0.271. The van der Waals surface area contributed by atoms with Crippen LogP contribution in [0.15, 0.2) is 24.3 Å². The van der Waals surface area contributed by atoms with Crippen molar-refractivity contribution >= 4 is 6.09 Å². The maximum Gasteiger partial charge on any atom is 0.418 e. The van der Waals surface area contributed by atoms with Gasteiger partial charge in [-0.25, -0.2) is 4.79 Å². The number of carbonyl (C=O) groups is 1. The lowest BCUT2D eigenvalue weighted by Gasteiger charge is -2.19. The van der Waals surface area contributed by atoms with Crippen LogP contribution in [0.25, 0.3) is 0 Å². The van der Waals surface area contributed by atoms with Gasteiger partial charge in [0.2, 0.25) is 0 Å². The maximum absolute atomic E-state index is 12.3. The number of nitrogens with one attached hydrogen (secondary N) is 1. The fraction of sp³-hybridized carbons (Fsp3) is 0.500. The van der Waals surface area contributed by atoms with Crippen molar-refractivity contribution in [1.29, 1.82) is 0 Å². The van der Waals surface area contributed by atoms with Gasteiger partial charge in [0.1, 0.15) is 5.60 Å². The van der Waals surface area contributed by atoms with E-state index in [1.165, 1.54) is 24.3 Å². The minimum Gasteiger partial charge on any atom is -0.444 e. The van der Waals surface area contributed by atoms with Gasteiger partial charge in [-0.3, -0.25) is 0 Å². The van der Waals surface area contributed by atoms with Gasteiger partial charge in [-0.05, 0) is 31.9 Å². The number of hydrogen-bond acceptors (Lipinski definition) is 3. The highest BCUT2D eigenvalue weighted by Gasteiger charge is 2.39. The Hall–Kier alpha value is -1.76. The Morgan fingerprint density at radius 3 is 2.19 bits per heavy atom. The zero-order chi connectivity index (χ0) is 16.3. The molecule has 0 fully saturated rings. The van der Waals surface area contributed by atoms with Gasteiger partial charge in [0.05, 0.1) is 0 Å². The summed E-state index contributed by atoms with van der Waals surface area (Å²) in [6.45, 7) is 5.29. The molecule has 1 rings (SSSR count). The first kappa shape index (κ1) is 17.3. The summed E-state index contributed by atoms with van der Waals surface area (Å²) in [5, 5.41) is 11.6. The molecule has 0 saturated carbocycles. The van der Waals surface area contributed by atoms with Gasteiger partial charge < -0.3 is 15.2 Å². The summed E-state index contributed by atoms with van der Waals surface area (Å²) >= 11 is 0. The van der Waals surface area contributed by atoms with Crippen LogP contribution in [-0.2, 0) is 11.3 Å². The summed E-state index contributed by atoms with van der Waals surface area (Å²) in [5.74, 6) is 0. The average Bonchev–Trinajstić information content (AvgIpc) is 2.33. The predicted molar refractivity (Wildman–Crippen MR) is 70.5 cm³/mol. The Kier molecular flexibility index (Phi) is 5.22. The summed E-state index contributed by atoms with van der Waals surface area (Å²) < 4.78 is 42.0. The molecular weight excluding hydrogens is 287 g/mol. The van der Waals surface area contributed by atoms with E-state index in [9.17, 15) is 18.0 Å². The second-order valence-electron chi connectivity index (χ2n) is 5.54. The quantitative estimate of drug-likeness (QED) is 0.900. The largest absolute Gasteiger partial charge is 0.444 e. The van der Waals surface area contributed by atoms with Crippen molar-refractivity contribution in [3.8, 4) is 0 Å². The van der Waals surface area contributed by atoms with Gasteiger partial charge in [0.15, 0.2) is 6.10 Å². The van der Waals surface area contributed by atoms with E-state index < -0.39 is 24.0 Å². The predicted octanol–water partition coefficient (Wildman–Crippen LogP) is 3.31. The first-order valence-electron chi connectivity index (χ1n) is 6.29. The molecule has 0 aliphatic carbocycles. The molecule has 1 aromatic carbocycles. The van der Waals surface area contributed by atoms with E-state index in [1.807, 2.05) is 0 Å². The van der Waals surface area contributed by atoms with Crippen molar-refractivity contribution in [2.75, 3.05) is 0 Å². The summed E-state index contributed by atoms with van der Waals surface area (Å²) in [6.07, 6.45) is -7.82. The highest BCUT2D eigenvalue weighted by atomic mass is 19.4. The van der Waals surface area contributed by atoms with Gasteiger partial charge in [-0.1, -0.05) is 24.3 Å². The first-order chi connectivity index (χ1) is 9.49. The van der Waals surface area contributed by atoms with Gasteiger partial charge in [-0.2, -0.15) is 13.2 Å². The van der Waals surface area contributed by atoms with Crippen LogP contribution in [0, 0.1) is 0 Å². The van der Waals surface area contributed by atoms with Crippen LogP contribution < -0.4 is 5.32 Å². The lowest BCUT2D eigenvalue weighted by molar-refractivity contribution is -0.206. The molecule has 0 aromatic heterocycles. The van der Waals surface area contributed by atoms with E-state index >= 15 is 0 Å². The van der Waals surface area contributed by atoms with Crippen LogP contribution in [0.3, 0.4) is 0 Å². The van der Waals surface area contributed by atoms with Crippen molar-refractivity contribution in [2.45, 2.75) is 45.2 Å². The van der Waals surface area contributed by atoms with Crippen LogP contribution in [-0.4, -0.2) is 23.0 Å². The number of alkyl carbamates (subject to hydrolysis) is 1. The number of carbonyl (C=O) groups excluding carboxylic acids is 1. The molecule has 0 aliphatic rings. The fourth-order valence-corrected chi connectivity index (χ4v) is 1.50. The lowest BCUT2D eigenvalue weighted by atomic mass is 10.1. The van der Waals surface area contributed by atoms with Crippen LogP contribution in [0.4, 0.5) is 18.0 Å². The van der Waals surface area contributed by atoms with E-state index in [4.69, 9.17) is 9.84 Å².